The van der Waals surface area contributed by atoms with Crippen molar-refractivity contribution in [2.24, 2.45) is 0 Å². The fraction of sp³-hybridized carbons (Fsp3) is 0.0426. The van der Waals surface area contributed by atoms with Gasteiger partial charge in [0.1, 0.15) is 5.82 Å². The molecule has 0 spiro atoms. The number of aromatic nitrogens is 4. The third kappa shape index (κ3) is 6.85. The molecule has 0 N–H and O–H groups in total. The first-order chi connectivity index (χ1) is 27.9. The number of halogens is 7. The summed E-state index contributed by atoms with van der Waals surface area (Å²) >= 11 is 0. The molecular formula is C47H27F7N4. The van der Waals surface area contributed by atoms with Crippen LogP contribution in [0.15, 0.2) is 164 Å². The van der Waals surface area contributed by atoms with E-state index in [1.807, 2.05) is 102 Å². The standard InChI is InChI=1S/C47H27F7N4/c48-36-15-9-14-30(24-36)32-18-20-38(45-56-43(28-10-3-1-4-11-28)55-44(57-45)29-12-5-2-6-13-29)42(26-32)58-40-17-8-7-16-37(40)39-25-31(19-21-41(39)58)33-22-34(46(49,50)51)27-35(23-33)47(52,53)54/h1-27H. The molecule has 2 heterocycles. The molecule has 0 saturated heterocycles. The molecule has 9 rings (SSSR count). The number of benzene rings is 7. The van der Waals surface area contributed by atoms with Gasteiger partial charge in [-0.3, -0.25) is 0 Å². The normalized spacial score (nSPS) is 12.1. The first-order valence-electron chi connectivity index (χ1n) is 18.0. The fourth-order valence-electron chi connectivity index (χ4n) is 7.22. The molecule has 284 valence electrons. The highest BCUT2D eigenvalue weighted by Crippen LogP contribution is 2.42. The summed E-state index contributed by atoms with van der Waals surface area (Å²) in [6.07, 6.45) is -10.0. The molecule has 0 saturated carbocycles. The molecule has 0 aliphatic rings. The van der Waals surface area contributed by atoms with Gasteiger partial charge >= 0.3 is 12.4 Å². The highest BCUT2D eigenvalue weighted by molar-refractivity contribution is 6.11. The van der Waals surface area contributed by atoms with Gasteiger partial charge in [0.15, 0.2) is 17.5 Å². The minimum Gasteiger partial charge on any atom is -0.308 e. The zero-order valence-corrected chi connectivity index (χ0v) is 30.0. The Morgan fingerprint density at radius 1 is 0.379 bits per heavy atom. The number of hydrogen-bond acceptors (Lipinski definition) is 3. The quantitative estimate of drug-likeness (QED) is 0.158. The molecule has 0 unspecified atom stereocenters. The molecule has 58 heavy (non-hydrogen) atoms. The zero-order valence-electron chi connectivity index (χ0n) is 30.0. The van der Waals surface area contributed by atoms with Gasteiger partial charge in [0, 0.05) is 27.5 Å². The lowest BCUT2D eigenvalue weighted by molar-refractivity contribution is -0.143. The van der Waals surface area contributed by atoms with Crippen LogP contribution in [0.1, 0.15) is 11.1 Å². The predicted octanol–water partition coefficient (Wildman–Crippen LogP) is 13.5. The predicted molar refractivity (Wildman–Crippen MR) is 211 cm³/mol. The van der Waals surface area contributed by atoms with Crippen molar-refractivity contribution in [2.45, 2.75) is 12.4 Å². The summed E-state index contributed by atoms with van der Waals surface area (Å²) in [4.78, 5) is 14.8. The average Bonchev–Trinajstić information content (AvgIpc) is 3.57. The molecule has 11 heteroatoms. The van der Waals surface area contributed by atoms with Crippen LogP contribution in [0.3, 0.4) is 0 Å². The van der Waals surface area contributed by atoms with E-state index in [1.165, 1.54) is 18.2 Å². The van der Waals surface area contributed by atoms with E-state index in [2.05, 4.69) is 0 Å². The molecule has 0 amide bonds. The first-order valence-corrected chi connectivity index (χ1v) is 18.0. The Balaban J connectivity index is 1.32. The second-order valence-electron chi connectivity index (χ2n) is 13.7. The zero-order chi connectivity index (χ0) is 40.2. The van der Waals surface area contributed by atoms with E-state index < -0.39 is 29.3 Å². The van der Waals surface area contributed by atoms with E-state index in [9.17, 15) is 30.7 Å². The van der Waals surface area contributed by atoms with E-state index in [1.54, 1.807) is 30.3 Å². The van der Waals surface area contributed by atoms with Gasteiger partial charge in [0.2, 0.25) is 0 Å². The first kappa shape index (κ1) is 36.5. The molecule has 0 aliphatic carbocycles. The maximum atomic E-state index is 14.6. The van der Waals surface area contributed by atoms with Crippen LogP contribution in [0.4, 0.5) is 30.7 Å². The van der Waals surface area contributed by atoms with Gasteiger partial charge in [-0.15, -0.1) is 0 Å². The van der Waals surface area contributed by atoms with Crippen molar-refractivity contribution in [3.63, 3.8) is 0 Å². The molecule has 4 nitrogen and oxygen atoms in total. The molecule has 0 radical (unpaired) electrons. The minimum absolute atomic E-state index is 0.120. The summed E-state index contributed by atoms with van der Waals surface area (Å²) in [5.41, 5.74) is 2.37. The number of hydrogen-bond donors (Lipinski definition) is 0. The second-order valence-corrected chi connectivity index (χ2v) is 13.7. The lowest BCUT2D eigenvalue weighted by atomic mass is 9.97. The van der Waals surface area contributed by atoms with Crippen molar-refractivity contribution in [1.29, 1.82) is 0 Å². The molecule has 0 bridgehead atoms. The van der Waals surface area contributed by atoms with Crippen molar-refractivity contribution in [1.82, 2.24) is 19.5 Å². The Hall–Kier alpha value is -7.14. The van der Waals surface area contributed by atoms with Gasteiger partial charge in [-0.25, -0.2) is 19.3 Å². The highest BCUT2D eigenvalue weighted by Gasteiger charge is 2.37. The third-order valence-corrected chi connectivity index (χ3v) is 9.93. The Morgan fingerprint density at radius 2 is 0.897 bits per heavy atom. The van der Waals surface area contributed by atoms with Gasteiger partial charge in [0.25, 0.3) is 0 Å². The monoisotopic (exact) mass is 780 g/mol. The van der Waals surface area contributed by atoms with Crippen molar-refractivity contribution in [3.05, 3.63) is 181 Å². The lowest BCUT2D eigenvalue weighted by Crippen LogP contribution is -2.11. The number of fused-ring (bicyclic) bond motifs is 3. The summed E-state index contributed by atoms with van der Waals surface area (Å²) in [5.74, 6) is 0.763. The molecule has 7 aromatic carbocycles. The molecular weight excluding hydrogens is 754 g/mol. The van der Waals surface area contributed by atoms with Gasteiger partial charge in [-0.1, -0.05) is 103 Å². The van der Waals surface area contributed by atoms with E-state index in [0.29, 0.717) is 61.7 Å². The van der Waals surface area contributed by atoms with E-state index in [4.69, 9.17) is 15.0 Å². The molecule has 0 fully saturated rings. The van der Waals surface area contributed by atoms with Crippen molar-refractivity contribution in [3.8, 4) is 62.1 Å². The summed E-state index contributed by atoms with van der Waals surface area (Å²) in [7, 11) is 0. The summed E-state index contributed by atoms with van der Waals surface area (Å²) in [6, 6.07) is 44.4. The molecule has 2 aromatic heterocycles. The van der Waals surface area contributed by atoms with Gasteiger partial charge in [-0.2, -0.15) is 26.3 Å². The highest BCUT2D eigenvalue weighted by atomic mass is 19.4. The number of nitrogens with zero attached hydrogens (tertiary/aromatic N) is 4. The number of para-hydroxylation sites is 1. The third-order valence-electron chi connectivity index (χ3n) is 9.93. The van der Waals surface area contributed by atoms with Gasteiger partial charge < -0.3 is 4.57 Å². The van der Waals surface area contributed by atoms with E-state index in [-0.39, 0.29) is 17.2 Å². The van der Waals surface area contributed by atoms with Crippen LogP contribution in [0.5, 0.6) is 0 Å². The summed E-state index contributed by atoms with van der Waals surface area (Å²) in [5, 5.41) is 1.27. The van der Waals surface area contributed by atoms with E-state index >= 15 is 0 Å². The summed E-state index contributed by atoms with van der Waals surface area (Å²) in [6.45, 7) is 0. The Kier molecular flexibility index (Phi) is 8.88. The maximum absolute atomic E-state index is 14.6. The van der Waals surface area contributed by atoms with E-state index in [0.717, 1.165) is 23.3 Å². The van der Waals surface area contributed by atoms with Gasteiger partial charge in [-0.05, 0) is 82.9 Å². The van der Waals surface area contributed by atoms with Crippen LogP contribution in [0, 0.1) is 5.82 Å². The minimum atomic E-state index is -5.00. The maximum Gasteiger partial charge on any atom is 0.416 e. The number of rotatable bonds is 6. The van der Waals surface area contributed by atoms with Crippen LogP contribution in [0.2, 0.25) is 0 Å². The Bertz CT molecular complexity index is 2900. The van der Waals surface area contributed by atoms with Crippen LogP contribution in [0.25, 0.3) is 83.9 Å². The molecule has 0 atom stereocenters. The van der Waals surface area contributed by atoms with Crippen LogP contribution >= 0.6 is 0 Å². The second kappa shape index (κ2) is 14.1. The Morgan fingerprint density at radius 3 is 1.52 bits per heavy atom. The average molecular weight is 781 g/mol. The topological polar surface area (TPSA) is 43.6 Å². The SMILES string of the molecule is Fc1cccc(-c2ccc(-c3nc(-c4ccccc4)nc(-c4ccccc4)n3)c(-n3c4ccccc4c4cc(-c5cc(C(F)(F)F)cc(C(F)(F)F)c5)ccc43)c2)c1. The summed E-state index contributed by atoms with van der Waals surface area (Å²) < 4.78 is 99.9. The lowest BCUT2D eigenvalue weighted by Gasteiger charge is -2.17. The molecule has 9 aromatic rings. The van der Waals surface area contributed by atoms with Crippen LogP contribution in [-0.4, -0.2) is 19.5 Å². The Labute approximate surface area is 326 Å². The largest absolute Gasteiger partial charge is 0.416 e. The smallest absolute Gasteiger partial charge is 0.308 e. The van der Waals surface area contributed by atoms with Crippen molar-refractivity contribution >= 4 is 21.8 Å². The molecule has 0 aliphatic heterocycles. The fourth-order valence-corrected chi connectivity index (χ4v) is 7.22. The van der Waals surface area contributed by atoms with Gasteiger partial charge in [0.05, 0.1) is 27.8 Å². The number of alkyl halides is 6. The van der Waals surface area contributed by atoms with Crippen LogP contribution in [-0.2, 0) is 12.4 Å². The van der Waals surface area contributed by atoms with Crippen LogP contribution < -0.4 is 0 Å². The van der Waals surface area contributed by atoms with Crippen molar-refractivity contribution in [2.75, 3.05) is 0 Å². The van der Waals surface area contributed by atoms with Crippen molar-refractivity contribution < 1.29 is 30.7 Å².